The summed E-state index contributed by atoms with van der Waals surface area (Å²) in [6.07, 6.45) is 0. The molecule has 0 fully saturated rings. The molecule has 1 heterocycles. The molecule has 0 atom stereocenters. The monoisotopic (exact) mass is 237 g/mol. The number of aliphatic hydroxyl groups is 1. The van der Waals surface area contributed by atoms with E-state index in [1.54, 1.807) is 24.3 Å². The summed E-state index contributed by atoms with van der Waals surface area (Å²) in [6.45, 7) is -0.149. The number of aromatic nitrogens is 1. The highest BCUT2D eigenvalue weighted by molar-refractivity contribution is 6.32. The summed E-state index contributed by atoms with van der Waals surface area (Å²) in [5.41, 5.74) is 2.03. The minimum Gasteiger partial charge on any atom is -0.390 e. The molecule has 1 N–H and O–H groups in total. The smallest absolute Gasteiger partial charge is 0.137 e. The Hall–Kier alpha value is -1.45. The van der Waals surface area contributed by atoms with Gasteiger partial charge in [0.2, 0.25) is 0 Å². The lowest BCUT2D eigenvalue weighted by Crippen LogP contribution is -1.91. The third-order valence-corrected chi connectivity index (χ3v) is 2.51. The zero-order chi connectivity index (χ0) is 11.5. The number of benzene rings is 1. The average Bonchev–Trinajstić information content (AvgIpc) is 2.30. The molecule has 2 rings (SSSR count). The topological polar surface area (TPSA) is 33.1 Å². The Bertz CT molecular complexity index is 499. The number of halogens is 2. The van der Waals surface area contributed by atoms with Gasteiger partial charge in [-0.2, -0.15) is 0 Å². The molecule has 1 aromatic carbocycles. The molecule has 0 saturated heterocycles. The van der Waals surface area contributed by atoms with Gasteiger partial charge in [-0.05, 0) is 29.8 Å². The summed E-state index contributed by atoms with van der Waals surface area (Å²) in [7, 11) is 0. The molecule has 16 heavy (non-hydrogen) atoms. The molecular weight excluding hydrogens is 229 g/mol. The van der Waals surface area contributed by atoms with Crippen molar-refractivity contribution in [3.63, 3.8) is 0 Å². The zero-order valence-corrected chi connectivity index (χ0v) is 9.08. The first-order chi connectivity index (χ1) is 7.70. The van der Waals surface area contributed by atoms with Gasteiger partial charge in [0.05, 0.1) is 12.3 Å². The van der Waals surface area contributed by atoms with Crippen LogP contribution in [-0.4, -0.2) is 10.1 Å². The SMILES string of the molecule is OCc1ccc(-c2ccc(F)cc2)c(Cl)n1. The molecule has 4 heteroatoms. The third-order valence-electron chi connectivity index (χ3n) is 2.22. The van der Waals surface area contributed by atoms with Gasteiger partial charge >= 0.3 is 0 Å². The quantitative estimate of drug-likeness (QED) is 0.815. The Balaban J connectivity index is 2.44. The number of aliphatic hydroxyl groups excluding tert-OH is 1. The summed E-state index contributed by atoms with van der Waals surface area (Å²) in [4.78, 5) is 4.01. The van der Waals surface area contributed by atoms with Crippen LogP contribution in [0.5, 0.6) is 0 Å². The van der Waals surface area contributed by atoms with Crippen molar-refractivity contribution in [2.75, 3.05) is 0 Å². The normalized spacial score (nSPS) is 10.4. The van der Waals surface area contributed by atoms with Crippen LogP contribution >= 0.6 is 11.6 Å². The molecule has 1 aromatic heterocycles. The van der Waals surface area contributed by atoms with E-state index in [2.05, 4.69) is 4.98 Å². The van der Waals surface area contributed by atoms with Crippen LogP contribution < -0.4 is 0 Å². The molecule has 0 radical (unpaired) electrons. The van der Waals surface area contributed by atoms with Gasteiger partial charge < -0.3 is 5.11 Å². The molecule has 0 saturated carbocycles. The van der Waals surface area contributed by atoms with E-state index in [0.717, 1.165) is 11.1 Å². The molecule has 0 unspecified atom stereocenters. The van der Waals surface area contributed by atoms with Crippen LogP contribution in [0.3, 0.4) is 0 Å². The lowest BCUT2D eigenvalue weighted by molar-refractivity contribution is 0.277. The molecule has 82 valence electrons. The van der Waals surface area contributed by atoms with Crippen molar-refractivity contribution in [1.82, 2.24) is 4.98 Å². The van der Waals surface area contributed by atoms with Crippen molar-refractivity contribution in [3.8, 4) is 11.1 Å². The van der Waals surface area contributed by atoms with Crippen molar-refractivity contribution in [2.24, 2.45) is 0 Å². The number of pyridine rings is 1. The van der Waals surface area contributed by atoms with Gasteiger partial charge in [0.25, 0.3) is 0 Å². The Morgan fingerprint density at radius 1 is 1.12 bits per heavy atom. The Morgan fingerprint density at radius 2 is 1.81 bits per heavy atom. The summed E-state index contributed by atoms with van der Waals surface area (Å²) in [5.74, 6) is -0.292. The molecule has 0 amide bonds. The maximum Gasteiger partial charge on any atom is 0.137 e. The van der Waals surface area contributed by atoms with E-state index < -0.39 is 0 Å². The minimum atomic E-state index is -0.292. The van der Waals surface area contributed by atoms with Crippen LogP contribution in [0.2, 0.25) is 5.15 Å². The van der Waals surface area contributed by atoms with E-state index in [4.69, 9.17) is 16.7 Å². The van der Waals surface area contributed by atoms with E-state index in [0.29, 0.717) is 10.8 Å². The second-order valence-electron chi connectivity index (χ2n) is 3.31. The Morgan fingerprint density at radius 3 is 2.38 bits per heavy atom. The first kappa shape index (κ1) is 11.0. The molecule has 0 spiro atoms. The van der Waals surface area contributed by atoms with Crippen LogP contribution in [0, 0.1) is 5.82 Å². The van der Waals surface area contributed by atoms with Crippen LogP contribution in [-0.2, 0) is 6.61 Å². The van der Waals surface area contributed by atoms with Crippen LogP contribution in [0.25, 0.3) is 11.1 Å². The van der Waals surface area contributed by atoms with Crippen LogP contribution in [0.15, 0.2) is 36.4 Å². The summed E-state index contributed by atoms with van der Waals surface area (Å²) >= 11 is 5.97. The third kappa shape index (κ3) is 2.21. The average molecular weight is 238 g/mol. The fraction of sp³-hybridized carbons (Fsp3) is 0.0833. The van der Waals surface area contributed by atoms with Crippen molar-refractivity contribution < 1.29 is 9.50 Å². The summed E-state index contributed by atoms with van der Waals surface area (Å²) in [6, 6.07) is 9.45. The Labute approximate surface area is 97.3 Å². The molecular formula is C12H9ClFNO. The second kappa shape index (κ2) is 4.60. The van der Waals surface area contributed by atoms with Gasteiger partial charge in [-0.15, -0.1) is 0 Å². The number of hydrogen-bond donors (Lipinski definition) is 1. The number of hydrogen-bond acceptors (Lipinski definition) is 2. The van der Waals surface area contributed by atoms with E-state index in [1.807, 2.05) is 0 Å². The van der Waals surface area contributed by atoms with Gasteiger partial charge in [-0.25, -0.2) is 9.37 Å². The van der Waals surface area contributed by atoms with E-state index in [-0.39, 0.29) is 12.4 Å². The molecule has 2 nitrogen and oxygen atoms in total. The molecule has 0 bridgehead atoms. The van der Waals surface area contributed by atoms with Crippen molar-refractivity contribution in [1.29, 1.82) is 0 Å². The van der Waals surface area contributed by atoms with Gasteiger partial charge in [0.15, 0.2) is 0 Å². The second-order valence-corrected chi connectivity index (χ2v) is 3.66. The van der Waals surface area contributed by atoms with Crippen molar-refractivity contribution in [3.05, 3.63) is 53.1 Å². The lowest BCUT2D eigenvalue weighted by atomic mass is 10.1. The molecule has 2 aromatic rings. The molecule has 0 aliphatic rings. The largest absolute Gasteiger partial charge is 0.390 e. The highest BCUT2D eigenvalue weighted by atomic mass is 35.5. The predicted molar refractivity (Wildman–Crippen MR) is 60.6 cm³/mol. The van der Waals surface area contributed by atoms with Gasteiger partial charge in [0.1, 0.15) is 11.0 Å². The first-order valence-electron chi connectivity index (χ1n) is 4.73. The maximum atomic E-state index is 12.7. The summed E-state index contributed by atoms with van der Waals surface area (Å²) < 4.78 is 12.7. The van der Waals surface area contributed by atoms with E-state index >= 15 is 0 Å². The van der Waals surface area contributed by atoms with Crippen molar-refractivity contribution >= 4 is 11.6 Å². The number of rotatable bonds is 2. The highest BCUT2D eigenvalue weighted by Crippen LogP contribution is 2.26. The van der Waals surface area contributed by atoms with Gasteiger partial charge in [-0.1, -0.05) is 23.7 Å². The highest BCUT2D eigenvalue weighted by Gasteiger charge is 2.05. The minimum absolute atomic E-state index is 0.149. The first-order valence-corrected chi connectivity index (χ1v) is 5.10. The van der Waals surface area contributed by atoms with Gasteiger partial charge in [-0.3, -0.25) is 0 Å². The Kier molecular flexibility index (Phi) is 3.17. The van der Waals surface area contributed by atoms with Gasteiger partial charge in [0, 0.05) is 5.56 Å². The van der Waals surface area contributed by atoms with Crippen molar-refractivity contribution in [2.45, 2.75) is 6.61 Å². The van der Waals surface area contributed by atoms with E-state index in [9.17, 15) is 4.39 Å². The van der Waals surface area contributed by atoms with Crippen LogP contribution in [0.4, 0.5) is 4.39 Å². The fourth-order valence-corrected chi connectivity index (χ4v) is 1.69. The molecule has 0 aliphatic carbocycles. The van der Waals surface area contributed by atoms with E-state index in [1.165, 1.54) is 12.1 Å². The predicted octanol–water partition coefficient (Wildman–Crippen LogP) is 3.03. The fourth-order valence-electron chi connectivity index (χ4n) is 1.40. The standard InChI is InChI=1S/C12H9ClFNO/c13-12-11(6-5-10(7-16)15-12)8-1-3-9(14)4-2-8/h1-6,16H,7H2. The summed E-state index contributed by atoms with van der Waals surface area (Å²) in [5, 5.41) is 9.19. The maximum absolute atomic E-state index is 12.7. The number of nitrogens with zero attached hydrogens (tertiary/aromatic N) is 1. The lowest BCUT2D eigenvalue weighted by Gasteiger charge is -2.05. The van der Waals surface area contributed by atoms with Crippen LogP contribution in [0.1, 0.15) is 5.69 Å². The zero-order valence-electron chi connectivity index (χ0n) is 8.32. The molecule has 0 aliphatic heterocycles.